The number of hydrogen-bond acceptors (Lipinski definition) is 3. The van der Waals surface area contributed by atoms with Crippen molar-refractivity contribution in [2.75, 3.05) is 0 Å². The van der Waals surface area contributed by atoms with Crippen molar-refractivity contribution in [3.63, 3.8) is 0 Å². The van der Waals surface area contributed by atoms with Crippen LogP contribution < -0.4 is 17.2 Å². The van der Waals surface area contributed by atoms with Gasteiger partial charge in [0.15, 0.2) is 12.2 Å². The minimum Gasteiger partial charge on any atom is -0.370 e. The zero-order valence-corrected chi connectivity index (χ0v) is 5.18. The molecule has 6 heteroatoms. The molecule has 0 unspecified atom stereocenters. The molecule has 0 saturated carbocycles. The molecule has 0 aromatic rings. The molecule has 5 nitrogen and oxygen atoms in total. The molecule has 0 aromatic heterocycles. The first-order chi connectivity index (χ1) is 3.15. The highest BCUT2D eigenvalue weighted by Gasteiger charge is 1.52. The van der Waals surface area contributed by atoms with Gasteiger partial charge in [0, 0.05) is 0 Å². The Morgan fingerprint density at radius 2 is 1.50 bits per heavy atom. The Labute approximate surface area is 54.4 Å². The monoisotopic (exact) mass is 135 g/mol. The molecule has 0 aliphatic heterocycles. The Balaban J connectivity index is -0.0000000575. The van der Waals surface area contributed by atoms with Crippen LogP contribution in [0.5, 0.6) is 0 Å². The number of nitriles is 1. The standard InChI is InChI=1S/CH5N3.CH2N2.H2S/c2-1(3)4;2-1-3;/h(H5,2,3,4);2H2;1H2. The molecule has 0 radical (unpaired) electrons. The number of nitrogens with zero attached hydrogens (tertiary/aromatic N) is 1. The molecule has 0 rings (SSSR count). The fourth-order valence-electron chi connectivity index (χ4n) is 0. The lowest BCUT2D eigenvalue weighted by molar-refractivity contribution is 1.39. The zero-order valence-electron chi connectivity index (χ0n) is 4.18. The molecule has 48 valence electrons. The summed E-state index contributed by atoms with van der Waals surface area (Å²) in [4.78, 5) is 0. The van der Waals surface area contributed by atoms with E-state index in [1.165, 1.54) is 6.19 Å². The van der Waals surface area contributed by atoms with Gasteiger partial charge in [-0.15, -0.1) is 0 Å². The van der Waals surface area contributed by atoms with E-state index < -0.39 is 0 Å². The summed E-state index contributed by atoms with van der Waals surface area (Å²) in [5.74, 6) is -0.333. The van der Waals surface area contributed by atoms with E-state index in [0.29, 0.717) is 0 Å². The van der Waals surface area contributed by atoms with Gasteiger partial charge in [0.2, 0.25) is 0 Å². The molecule has 0 aliphatic rings. The van der Waals surface area contributed by atoms with Crippen molar-refractivity contribution >= 4 is 19.5 Å². The van der Waals surface area contributed by atoms with Crippen molar-refractivity contribution in [2.24, 2.45) is 17.2 Å². The maximum Gasteiger partial charge on any atom is 0.183 e. The van der Waals surface area contributed by atoms with Crippen LogP contribution in [0.3, 0.4) is 0 Å². The maximum absolute atomic E-state index is 7.10. The number of nitrogens with two attached hydrogens (primary N) is 3. The van der Waals surface area contributed by atoms with Gasteiger partial charge < -0.3 is 17.2 Å². The number of nitrogens with one attached hydrogen (secondary N) is 1. The highest BCUT2D eigenvalue weighted by Crippen LogP contribution is 1.13. The molecule has 8 heavy (non-hydrogen) atoms. The second-order valence-corrected chi connectivity index (χ2v) is 0.584. The van der Waals surface area contributed by atoms with Gasteiger partial charge in [-0.25, -0.2) is 0 Å². The van der Waals surface area contributed by atoms with Crippen LogP contribution in [0.4, 0.5) is 0 Å². The maximum atomic E-state index is 7.10. The van der Waals surface area contributed by atoms with Crippen LogP contribution in [0.1, 0.15) is 0 Å². The summed E-state index contributed by atoms with van der Waals surface area (Å²) in [5.41, 5.74) is 13.1. The van der Waals surface area contributed by atoms with Crippen LogP contribution in [0.15, 0.2) is 0 Å². The number of guanidine groups is 1. The second-order valence-electron chi connectivity index (χ2n) is 0.584. The van der Waals surface area contributed by atoms with Crippen molar-refractivity contribution in [3.05, 3.63) is 0 Å². The molecule has 0 aliphatic carbocycles. The first-order valence-corrected chi connectivity index (χ1v) is 1.34. The van der Waals surface area contributed by atoms with E-state index in [0.717, 1.165) is 0 Å². The third-order valence-electron chi connectivity index (χ3n) is 0. The van der Waals surface area contributed by atoms with Crippen molar-refractivity contribution in [3.8, 4) is 6.19 Å². The van der Waals surface area contributed by atoms with Crippen LogP contribution in [0, 0.1) is 16.9 Å². The highest BCUT2D eigenvalue weighted by molar-refractivity contribution is 7.59. The Morgan fingerprint density at radius 1 is 1.50 bits per heavy atom. The van der Waals surface area contributed by atoms with Gasteiger partial charge in [0.25, 0.3) is 0 Å². The van der Waals surface area contributed by atoms with Crippen molar-refractivity contribution in [2.45, 2.75) is 0 Å². The fraction of sp³-hybridized carbons (Fsp3) is 0. The Hall–Kier alpha value is -1.09. The second kappa shape index (κ2) is 16.8. The number of hydrogen-bond donors (Lipinski definition) is 4. The summed E-state index contributed by atoms with van der Waals surface area (Å²) in [6, 6.07) is 0. The number of rotatable bonds is 0. The Kier molecular flexibility index (Phi) is 33.2. The van der Waals surface area contributed by atoms with E-state index >= 15 is 0 Å². The smallest absolute Gasteiger partial charge is 0.183 e. The van der Waals surface area contributed by atoms with E-state index in [2.05, 4.69) is 17.2 Å². The minimum absolute atomic E-state index is 0. The van der Waals surface area contributed by atoms with Crippen LogP contribution in [-0.4, -0.2) is 5.96 Å². The van der Waals surface area contributed by atoms with Crippen LogP contribution in [0.2, 0.25) is 0 Å². The quantitative estimate of drug-likeness (QED) is 0.138. The largest absolute Gasteiger partial charge is 0.370 e. The van der Waals surface area contributed by atoms with E-state index in [4.69, 9.17) is 10.7 Å². The van der Waals surface area contributed by atoms with Crippen molar-refractivity contribution < 1.29 is 0 Å². The van der Waals surface area contributed by atoms with Crippen molar-refractivity contribution in [1.29, 1.82) is 10.7 Å². The summed E-state index contributed by atoms with van der Waals surface area (Å²) in [6.07, 6.45) is 1.25. The van der Waals surface area contributed by atoms with E-state index in [1.54, 1.807) is 0 Å². The van der Waals surface area contributed by atoms with Gasteiger partial charge in [-0.05, 0) is 0 Å². The molecule has 7 N–H and O–H groups in total. The molecule has 0 fully saturated rings. The molecule has 0 amide bonds. The SMILES string of the molecule is N#CN.N=C(N)N.S. The normalized spacial score (nSPS) is 3.88. The third-order valence-corrected chi connectivity index (χ3v) is 0. The first-order valence-electron chi connectivity index (χ1n) is 1.34. The summed E-state index contributed by atoms with van der Waals surface area (Å²) in [7, 11) is 0. The Bertz CT molecular complexity index is 78.9. The first kappa shape index (κ1) is 15.8. The molecular formula is C2H9N5S. The van der Waals surface area contributed by atoms with Gasteiger partial charge in [-0.3, -0.25) is 5.41 Å². The molecule has 0 atom stereocenters. The fourth-order valence-corrected chi connectivity index (χ4v) is 0. The molecule has 0 aromatic carbocycles. The summed E-state index contributed by atoms with van der Waals surface area (Å²) in [5, 5.41) is 13.2. The van der Waals surface area contributed by atoms with E-state index in [1.807, 2.05) is 0 Å². The molecule has 0 heterocycles. The summed E-state index contributed by atoms with van der Waals surface area (Å²) in [6.45, 7) is 0. The predicted molar refractivity (Wildman–Crippen MR) is 36.3 cm³/mol. The van der Waals surface area contributed by atoms with Crippen LogP contribution in [-0.2, 0) is 0 Å². The molecule has 0 bridgehead atoms. The van der Waals surface area contributed by atoms with Gasteiger partial charge in [0.1, 0.15) is 0 Å². The van der Waals surface area contributed by atoms with Crippen LogP contribution in [0.25, 0.3) is 0 Å². The van der Waals surface area contributed by atoms with Gasteiger partial charge >= 0.3 is 0 Å². The lowest BCUT2D eigenvalue weighted by atomic mass is 11.1. The van der Waals surface area contributed by atoms with Crippen LogP contribution >= 0.6 is 13.5 Å². The van der Waals surface area contributed by atoms with E-state index in [9.17, 15) is 0 Å². The summed E-state index contributed by atoms with van der Waals surface area (Å²) < 4.78 is 0. The predicted octanol–water partition coefficient (Wildman–Crippen LogP) is -1.62. The van der Waals surface area contributed by atoms with Crippen molar-refractivity contribution in [1.82, 2.24) is 0 Å². The lowest BCUT2D eigenvalue weighted by Crippen LogP contribution is -2.20. The highest BCUT2D eigenvalue weighted by atomic mass is 32.1. The minimum atomic E-state index is -0.333. The molecular weight excluding hydrogens is 126 g/mol. The average Bonchev–Trinajstić information content (AvgIpc) is 1.33. The van der Waals surface area contributed by atoms with Gasteiger partial charge in [-0.1, -0.05) is 0 Å². The molecule has 0 spiro atoms. The van der Waals surface area contributed by atoms with Gasteiger partial charge in [-0.2, -0.15) is 18.8 Å². The zero-order chi connectivity index (χ0) is 6.28. The van der Waals surface area contributed by atoms with E-state index in [-0.39, 0.29) is 19.5 Å². The average molecular weight is 135 g/mol. The Morgan fingerprint density at radius 3 is 1.50 bits per heavy atom. The lowest BCUT2D eigenvalue weighted by Gasteiger charge is -1.69. The van der Waals surface area contributed by atoms with Gasteiger partial charge in [0.05, 0.1) is 0 Å². The summed E-state index contributed by atoms with van der Waals surface area (Å²) >= 11 is 0. The molecule has 0 saturated heterocycles. The topological polar surface area (TPSA) is 126 Å². The third kappa shape index (κ3) is 63.2.